The van der Waals surface area contributed by atoms with Crippen LogP contribution in [0.3, 0.4) is 0 Å². The highest BCUT2D eigenvalue weighted by molar-refractivity contribution is 7.99. The summed E-state index contributed by atoms with van der Waals surface area (Å²) in [5.74, 6) is 0.322. The summed E-state index contributed by atoms with van der Waals surface area (Å²) < 4.78 is 4.98. The van der Waals surface area contributed by atoms with E-state index in [1.165, 1.54) is 16.6 Å². The molecule has 0 bridgehead atoms. The van der Waals surface area contributed by atoms with Crippen LogP contribution < -0.4 is 5.32 Å². The van der Waals surface area contributed by atoms with Crippen molar-refractivity contribution in [1.29, 1.82) is 0 Å². The van der Waals surface area contributed by atoms with Gasteiger partial charge in [-0.05, 0) is 48.6 Å². The average molecular weight is 349 g/mol. The lowest BCUT2D eigenvalue weighted by molar-refractivity contribution is -0.144. The molecule has 122 valence electrons. The SMILES string of the molecule is Cc1ccc(NC(=O)COC(=O)CSCc2cccs2)cc1C. The number of esters is 1. The first-order chi connectivity index (χ1) is 11.0. The largest absolute Gasteiger partial charge is 0.455 e. The molecule has 0 unspecified atom stereocenters. The van der Waals surface area contributed by atoms with Crippen molar-refractivity contribution in [1.82, 2.24) is 0 Å². The van der Waals surface area contributed by atoms with E-state index in [1.807, 2.05) is 49.6 Å². The number of ether oxygens (including phenoxy) is 1. The predicted molar refractivity (Wildman–Crippen MR) is 96.0 cm³/mol. The van der Waals surface area contributed by atoms with Gasteiger partial charge in [0.05, 0.1) is 5.75 Å². The highest BCUT2D eigenvalue weighted by Gasteiger charge is 2.09. The van der Waals surface area contributed by atoms with Crippen LogP contribution in [0, 0.1) is 13.8 Å². The molecule has 1 aromatic carbocycles. The lowest BCUT2D eigenvalue weighted by Crippen LogP contribution is -2.21. The maximum atomic E-state index is 11.8. The number of hydrogen-bond donors (Lipinski definition) is 1. The Labute approximate surface area is 144 Å². The molecular weight excluding hydrogens is 330 g/mol. The van der Waals surface area contributed by atoms with Crippen molar-refractivity contribution < 1.29 is 14.3 Å². The van der Waals surface area contributed by atoms with Crippen LogP contribution in [0.4, 0.5) is 5.69 Å². The quantitative estimate of drug-likeness (QED) is 0.773. The van der Waals surface area contributed by atoms with E-state index in [9.17, 15) is 9.59 Å². The van der Waals surface area contributed by atoms with E-state index in [0.717, 1.165) is 16.9 Å². The molecule has 1 aromatic heterocycles. The number of benzene rings is 1. The summed E-state index contributed by atoms with van der Waals surface area (Å²) in [6.07, 6.45) is 0. The molecule has 1 N–H and O–H groups in total. The van der Waals surface area contributed by atoms with Gasteiger partial charge in [0.15, 0.2) is 6.61 Å². The van der Waals surface area contributed by atoms with Gasteiger partial charge in [-0.1, -0.05) is 12.1 Å². The Morgan fingerprint density at radius 3 is 2.74 bits per heavy atom. The van der Waals surface area contributed by atoms with Gasteiger partial charge >= 0.3 is 5.97 Å². The Morgan fingerprint density at radius 2 is 2.04 bits per heavy atom. The number of thioether (sulfide) groups is 1. The number of anilines is 1. The van der Waals surface area contributed by atoms with Crippen LogP contribution in [0.25, 0.3) is 0 Å². The molecule has 1 heterocycles. The van der Waals surface area contributed by atoms with E-state index in [2.05, 4.69) is 5.32 Å². The van der Waals surface area contributed by atoms with Crippen molar-refractivity contribution in [2.24, 2.45) is 0 Å². The summed E-state index contributed by atoms with van der Waals surface area (Å²) in [5, 5.41) is 4.73. The summed E-state index contributed by atoms with van der Waals surface area (Å²) in [5.41, 5.74) is 2.98. The van der Waals surface area contributed by atoms with E-state index >= 15 is 0 Å². The van der Waals surface area contributed by atoms with E-state index in [0.29, 0.717) is 5.69 Å². The Bertz CT molecular complexity index is 668. The van der Waals surface area contributed by atoms with Crippen LogP contribution in [-0.2, 0) is 20.1 Å². The summed E-state index contributed by atoms with van der Waals surface area (Å²) >= 11 is 3.14. The molecule has 0 atom stereocenters. The summed E-state index contributed by atoms with van der Waals surface area (Å²) in [6.45, 7) is 3.73. The molecule has 0 radical (unpaired) electrons. The minimum Gasteiger partial charge on any atom is -0.455 e. The normalized spacial score (nSPS) is 10.3. The fraction of sp³-hybridized carbons (Fsp3) is 0.294. The van der Waals surface area contributed by atoms with Gasteiger partial charge in [-0.15, -0.1) is 23.1 Å². The van der Waals surface area contributed by atoms with Crippen molar-refractivity contribution >= 4 is 40.7 Å². The van der Waals surface area contributed by atoms with Gasteiger partial charge < -0.3 is 10.1 Å². The number of thiophene rings is 1. The molecule has 0 aliphatic heterocycles. The number of rotatable bonds is 7. The zero-order valence-corrected chi connectivity index (χ0v) is 14.8. The van der Waals surface area contributed by atoms with E-state index in [1.54, 1.807) is 11.3 Å². The summed E-state index contributed by atoms with van der Waals surface area (Å²) in [4.78, 5) is 24.6. The van der Waals surface area contributed by atoms with Crippen LogP contribution in [0.15, 0.2) is 35.7 Å². The van der Waals surface area contributed by atoms with Crippen molar-refractivity contribution in [3.63, 3.8) is 0 Å². The number of nitrogens with one attached hydrogen (secondary N) is 1. The zero-order valence-electron chi connectivity index (χ0n) is 13.1. The Hall–Kier alpha value is -1.79. The zero-order chi connectivity index (χ0) is 16.7. The van der Waals surface area contributed by atoms with E-state index in [-0.39, 0.29) is 24.2 Å². The van der Waals surface area contributed by atoms with Crippen molar-refractivity contribution in [2.75, 3.05) is 17.7 Å². The number of carbonyl (C=O) groups is 2. The molecule has 0 saturated carbocycles. The smallest absolute Gasteiger partial charge is 0.316 e. The van der Waals surface area contributed by atoms with Gasteiger partial charge in [0.1, 0.15) is 0 Å². The van der Waals surface area contributed by atoms with Gasteiger partial charge in [-0.2, -0.15) is 0 Å². The second-order valence-electron chi connectivity index (χ2n) is 5.08. The molecule has 2 aromatic rings. The van der Waals surface area contributed by atoms with Crippen LogP contribution in [0.1, 0.15) is 16.0 Å². The minimum atomic E-state index is -0.373. The van der Waals surface area contributed by atoms with Gasteiger partial charge in [0, 0.05) is 16.3 Å². The first-order valence-electron chi connectivity index (χ1n) is 7.17. The molecule has 0 fully saturated rings. The summed E-state index contributed by atoms with van der Waals surface area (Å²) in [6, 6.07) is 9.68. The molecule has 0 spiro atoms. The molecule has 0 aliphatic carbocycles. The highest BCUT2D eigenvalue weighted by atomic mass is 32.2. The first-order valence-corrected chi connectivity index (χ1v) is 9.21. The van der Waals surface area contributed by atoms with Crippen molar-refractivity contribution in [3.05, 3.63) is 51.7 Å². The molecule has 0 aliphatic rings. The number of aryl methyl sites for hydroxylation is 2. The molecule has 2 rings (SSSR count). The molecular formula is C17H19NO3S2. The second kappa shape index (κ2) is 8.74. The van der Waals surface area contributed by atoms with Crippen LogP contribution in [-0.4, -0.2) is 24.2 Å². The second-order valence-corrected chi connectivity index (χ2v) is 7.10. The molecule has 6 heteroatoms. The predicted octanol–water partition coefficient (Wildman–Crippen LogP) is 3.78. The molecule has 1 amide bonds. The molecule has 4 nitrogen and oxygen atoms in total. The van der Waals surface area contributed by atoms with E-state index in [4.69, 9.17) is 4.74 Å². The fourth-order valence-corrected chi connectivity index (χ4v) is 3.49. The van der Waals surface area contributed by atoms with Crippen LogP contribution >= 0.6 is 23.1 Å². The Morgan fingerprint density at radius 1 is 1.22 bits per heavy atom. The monoisotopic (exact) mass is 349 g/mol. The van der Waals surface area contributed by atoms with Crippen molar-refractivity contribution in [3.8, 4) is 0 Å². The maximum Gasteiger partial charge on any atom is 0.316 e. The Kier molecular flexibility index (Phi) is 6.67. The standard InChI is InChI=1S/C17H19NO3S2/c1-12-5-6-14(8-13(12)2)18-16(19)9-21-17(20)11-22-10-15-4-3-7-23-15/h3-8H,9-11H2,1-2H3,(H,18,19). The van der Waals surface area contributed by atoms with E-state index < -0.39 is 0 Å². The highest BCUT2D eigenvalue weighted by Crippen LogP contribution is 2.17. The first kappa shape index (κ1) is 17.6. The summed E-state index contributed by atoms with van der Waals surface area (Å²) in [7, 11) is 0. The number of carbonyl (C=O) groups excluding carboxylic acids is 2. The lowest BCUT2D eigenvalue weighted by Gasteiger charge is -2.08. The van der Waals surface area contributed by atoms with Gasteiger partial charge in [-0.3, -0.25) is 9.59 Å². The maximum absolute atomic E-state index is 11.8. The third kappa shape index (κ3) is 6.08. The lowest BCUT2D eigenvalue weighted by atomic mass is 10.1. The van der Waals surface area contributed by atoms with Gasteiger partial charge in [0.2, 0.25) is 0 Å². The molecule has 0 saturated heterocycles. The van der Waals surface area contributed by atoms with Crippen molar-refractivity contribution in [2.45, 2.75) is 19.6 Å². The topological polar surface area (TPSA) is 55.4 Å². The Balaban J connectivity index is 1.67. The van der Waals surface area contributed by atoms with Gasteiger partial charge in [0.25, 0.3) is 5.91 Å². The third-order valence-corrected chi connectivity index (χ3v) is 5.21. The third-order valence-electron chi connectivity index (χ3n) is 3.20. The van der Waals surface area contributed by atoms with Crippen LogP contribution in [0.2, 0.25) is 0 Å². The average Bonchev–Trinajstić information content (AvgIpc) is 3.02. The minimum absolute atomic E-state index is 0.245. The molecule has 23 heavy (non-hydrogen) atoms. The van der Waals surface area contributed by atoms with Crippen LogP contribution in [0.5, 0.6) is 0 Å². The number of amides is 1. The number of hydrogen-bond acceptors (Lipinski definition) is 5. The fourth-order valence-electron chi connectivity index (χ4n) is 1.83. The van der Waals surface area contributed by atoms with Gasteiger partial charge in [-0.25, -0.2) is 0 Å².